The van der Waals surface area contributed by atoms with Gasteiger partial charge < -0.3 is 10.3 Å². The molecule has 19 heavy (non-hydrogen) atoms. The minimum absolute atomic E-state index is 0.143. The van der Waals surface area contributed by atoms with Crippen LogP contribution in [-0.4, -0.2) is 24.9 Å². The third-order valence-electron chi connectivity index (χ3n) is 2.53. The first-order valence-electron chi connectivity index (χ1n) is 5.93. The molecule has 0 saturated heterocycles. The molecule has 1 heterocycles. The third kappa shape index (κ3) is 3.55. The molecule has 0 spiro atoms. The van der Waals surface area contributed by atoms with E-state index in [1.165, 1.54) is 0 Å². The Balaban J connectivity index is 2.06. The summed E-state index contributed by atoms with van der Waals surface area (Å²) in [5.74, 6) is 0.577. The smallest absolute Gasteiger partial charge is 0.240 e. The second kappa shape index (κ2) is 5.85. The van der Waals surface area contributed by atoms with Gasteiger partial charge >= 0.3 is 0 Å². The summed E-state index contributed by atoms with van der Waals surface area (Å²) >= 11 is 0. The van der Waals surface area contributed by atoms with Crippen molar-refractivity contribution >= 4 is 15.7 Å². The van der Waals surface area contributed by atoms with Gasteiger partial charge in [-0.05, 0) is 31.2 Å². The van der Waals surface area contributed by atoms with Crippen molar-refractivity contribution in [3.05, 3.63) is 42.5 Å². The van der Waals surface area contributed by atoms with Crippen molar-refractivity contribution in [3.63, 3.8) is 0 Å². The number of aromatic nitrogens is 2. The summed E-state index contributed by atoms with van der Waals surface area (Å²) in [6.07, 6.45) is 3.23. The monoisotopic (exact) mass is 280 g/mol. The van der Waals surface area contributed by atoms with E-state index in [2.05, 4.69) is 20.0 Å². The van der Waals surface area contributed by atoms with Crippen LogP contribution in [0.1, 0.15) is 12.7 Å². The fraction of sp³-hybridized carbons (Fsp3) is 0.250. The van der Waals surface area contributed by atoms with Crippen molar-refractivity contribution in [1.82, 2.24) is 14.7 Å². The Morgan fingerprint density at radius 1 is 1.26 bits per heavy atom. The molecule has 0 saturated carbocycles. The zero-order valence-corrected chi connectivity index (χ0v) is 11.4. The largest absolute Gasteiger partial charge is 0.385 e. The number of nitrogens with zero attached hydrogens (tertiary/aromatic N) is 1. The molecule has 1 aromatic heterocycles. The second-order valence-electron chi connectivity index (χ2n) is 3.92. The standard InChI is InChI=1S/C12H16N4O2S/c1-2-13-10-3-5-11(6-4-10)19(17,18)16-9-12-14-7-8-15-12/h3-8,13,16H,2,9H2,1H3,(H,14,15). The van der Waals surface area contributed by atoms with Gasteiger partial charge in [0.2, 0.25) is 10.0 Å². The Morgan fingerprint density at radius 3 is 2.58 bits per heavy atom. The van der Waals surface area contributed by atoms with Crippen LogP contribution in [-0.2, 0) is 16.6 Å². The number of imidazole rings is 1. The maximum Gasteiger partial charge on any atom is 0.240 e. The first-order chi connectivity index (χ1) is 9.12. The summed E-state index contributed by atoms with van der Waals surface area (Å²) in [6, 6.07) is 6.63. The van der Waals surface area contributed by atoms with Gasteiger partial charge in [0.05, 0.1) is 11.4 Å². The van der Waals surface area contributed by atoms with Gasteiger partial charge in [0, 0.05) is 24.6 Å². The third-order valence-corrected chi connectivity index (χ3v) is 3.95. The topological polar surface area (TPSA) is 86.9 Å². The quantitative estimate of drug-likeness (QED) is 0.745. The van der Waals surface area contributed by atoms with E-state index in [0.29, 0.717) is 5.82 Å². The molecule has 0 aliphatic carbocycles. The van der Waals surface area contributed by atoms with Crippen molar-refractivity contribution in [2.45, 2.75) is 18.4 Å². The number of nitrogens with one attached hydrogen (secondary N) is 3. The van der Waals surface area contributed by atoms with Gasteiger partial charge in [0.15, 0.2) is 0 Å². The highest BCUT2D eigenvalue weighted by molar-refractivity contribution is 7.89. The maximum absolute atomic E-state index is 12.0. The molecule has 0 bridgehead atoms. The number of rotatable bonds is 6. The van der Waals surface area contributed by atoms with Crippen molar-refractivity contribution in [2.75, 3.05) is 11.9 Å². The normalized spacial score (nSPS) is 11.4. The molecule has 0 atom stereocenters. The fourth-order valence-electron chi connectivity index (χ4n) is 1.60. The van der Waals surface area contributed by atoms with E-state index in [9.17, 15) is 8.42 Å². The molecule has 0 aliphatic heterocycles. The SMILES string of the molecule is CCNc1ccc(S(=O)(=O)NCc2ncc[nH]2)cc1. The van der Waals surface area contributed by atoms with E-state index in [0.717, 1.165) is 12.2 Å². The number of H-pyrrole nitrogens is 1. The zero-order chi connectivity index (χ0) is 13.7. The summed E-state index contributed by atoms with van der Waals surface area (Å²) in [7, 11) is -3.51. The van der Waals surface area contributed by atoms with Gasteiger partial charge in [0.1, 0.15) is 5.82 Å². The van der Waals surface area contributed by atoms with Crippen LogP contribution in [0.3, 0.4) is 0 Å². The number of benzene rings is 1. The molecule has 0 aliphatic rings. The average molecular weight is 280 g/mol. The summed E-state index contributed by atoms with van der Waals surface area (Å²) < 4.78 is 26.5. The molecule has 1 aromatic carbocycles. The van der Waals surface area contributed by atoms with Crippen LogP contribution in [0.2, 0.25) is 0 Å². The molecule has 7 heteroatoms. The van der Waals surface area contributed by atoms with Crippen molar-refractivity contribution in [1.29, 1.82) is 0 Å². The minimum Gasteiger partial charge on any atom is -0.385 e. The van der Waals surface area contributed by atoms with E-state index in [1.807, 2.05) is 6.92 Å². The number of anilines is 1. The number of hydrogen-bond acceptors (Lipinski definition) is 4. The lowest BCUT2D eigenvalue weighted by molar-refractivity contribution is 0.579. The first kappa shape index (κ1) is 13.6. The summed E-state index contributed by atoms with van der Waals surface area (Å²) in [4.78, 5) is 7.03. The minimum atomic E-state index is -3.51. The molecule has 3 N–H and O–H groups in total. The first-order valence-corrected chi connectivity index (χ1v) is 7.42. The summed E-state index contributed by atoms with van der Waals surface area (Å²) in [6.45, 7) is 2.92. The molecule has 0 unspecified atom stereocenters. The van der Waals surface area contributed by atoms with Crippen LogP contribution in [0, 0.1) is 0 Å². The number of aromatic amines is 1. The van der Waals surface area contributed by atoms with Crippen LogP contribution < -0.4 is 10.0 Å². The summed E-state index contributed by atoms with van der Waals surface area (Å²) in [5.41, 5.74) is 0.896. The molecular weight excluding hydrogens is 264 g/mol. The van der Waals surface area contributed by atoms with Gasteiger partial charge in [-0.1, -0.05) is 0 Å². The average Bonchev–Trinajstić information content (AvgIpc) is 2.91. The van der Waals surface area contributed by atoms with Crippen molar-refractivity contribution in [3.8, 4) is 0 Å². The number of hydrogen-bond donors (Lipinski definition) is 3. The van der Waals surface area contributed by atoms with Crippen molar-refractivity contribution < 1.29 is 8.42 Å². The highest BCUT2D eigenvalue weighted by Crippen LogP contribution is 2.13. The van der Waals surface area contributed by atoms with Gasteiger partial charge in [-0.3, -0.25) is 0 Å². The fourth-order valence-corrected chi connectivity index (χ4v) is 2.59. The lowest BCUT2D eigenvalue weighted by Crippen LogP contribution is -2.23. The van der Waals surface area contributed by atoms with Gasteiger partial charge in [0.25, 0.3) is 0 Å². The lowest BCUT2D eigenvalue weighted by Gasteiger charge is -2.07. The van der Waals surface area contributed by atoms with Gasteiger partial charge in [-0.2, -0.15) is 0 Å². The predicted octanol–water partition coefficient (Wildman–Crippen LogP) is 1.32. The molecule has 2 aromatic rings. The molecule has 102 valence electrons. The zero-order valence-electron chi connectivity index (χ0n) is 10.6. The van der Waals surface area contributed by atoms with E-state index in [-0.39, 0.29) is 11.4 Å². The Labute approximate surface area is 112 Å². The second-order valence-corrected chi connectivity index (χ2v) is 5.68. The summed E-state index contributed by atoms with van der Waals surface area (Å²) in [5, 5.41) is 3.11. The molecule has 2 rings (SSSR count). The Morgan fingerprint density at radius 2 is 2.00 bits per heavy atom. The van der Waals surface area contributed by atoms with Crippen LogP contribution in [0.25, 0.3) is 0 Å². The van der Waals surface area contributed by atoms with E-state index in [4.69, 9.17) is 0 Å². The lowest BCUT2D eigenvalue weighted by atomic mass is 10.3. The Kier molecular flexibility index (Phi) is 4.18. The van der Waals surface area contributed by atoms with Crippen molar-refractivity contribution in [2.24, 2.45) is 0 Å². The van der Waals surface area contributed by atoms with Crippen LogP contribution in [0.4, 0.5) is 5.69 Å². The molecular formula is C12H16N4O2S. The van der Waals surface area contributed by atoms with Crippen LogP contribution in [0.15, 0.2) is 41.6 Å². The van der Waals surface area contributed by atoms with E-state index in [1.54, 1.807) is 36.7 Å². The molecule has 0 amide bonds. The highest BCUT2D eigenvalue weighted by atomic mass is 32.2. The van der Waals surface area contributed by atoms with Gasteiger partial charge in [-0.25, -0.2) is 18.1 Å². The van der Waals surface area contributed by atoms with E-state index >= 15 is 0 Å². The predicted molar refractivity (Wildman–Crippen MR) is 73.2 cm³/mol. The van der Waals surface area contributed by atoms with Crippen LogP contribution >= 0.6 is 0 Å². The maximum atomic E-state index is 12.0. The van der Waals surface area contributed by atoms with Crippen LogP contribution in [0.5, 0.6) is 0 Å². The Hall–Kier alpha value is -1.86. The van der Waals surface area contributed by atoms with Gasteiger partial charge in [-0.15, -0.1) is 0 Å². The Bertz CT molecular complexity index is 606. The van der Waals surface area contributed by atoms with E-state index < -0.39 is 10.0 Å². The molecule has 0 fully saturated rings. The molecule has 0 radical (unpaired) electrons. The number of sulfonamides is 1. The molecule has 6 nitrogen and oxygen atoms in total. The highest BCUT2D eigenvalue weighted by Gasteiger charge is 2.13.